The summed E-state index contributed by atoms with van der Waals surface area (Å²) < 4.78 is 5.11. The van der Waals surface area contributed by atoms with Gasteiger partial charge in [0.25, 0.3) is 11.6 Å². The van der Waals surface area contributed by atoms with Gasteiger partial charge in [0.1, 0.15) is 11.3 Å². The first-order valence-corrected chi connectivity index (χ1v) is 9.34. The Hall–Kier alpha value is -2.66. The largest absolute Gasteiger partial charge is 0.495 e. The second-order valence-corrected chi connectivity index (χ2v) is 6.71. The van der Waals surface area contributed by atoms with Crippen LogP contribution in [0, 0.1) is 10.1 Å². The van der Waals surface area contributed by atoms with Crippen molar-refractivity contribution < 1.29 is 24.4 Å². The van der Waals surface area contributed by atoms with E-state index in [0.29, 0.717) is 22.1 Å². The molecule has 0 bridgehead atoms. The Balaban J connectivity index is 2.12. The summed E-state index contributed by atoms with van der Waals surface area (Å²) >= 11 is 2.48. The number of ether oxygens (including phenoxy) is 1. The van der Waals surface area contributed by atoms with Gasteiger partial charge >= 0.3 is 5.97 Å². The Bertz CT molecular complexity index is 852. The van der Waals surface area contributed by atoms with Gasteiger partial charge in [-0.05, 0) is 12.3 Å². The molecule has 0 atom stereocenters. The van der Waals surface area contributed by atoms with Crippen LogP contribution in [0.3, 0.4) is 0 Å². The predicted molar refractivity (Wildman–Crippen MR) is 96.5 cm³/mol. The summed E-state index contributed by atoms with van der Waals surface area (Å²) in [4.78, 5) is 38.3. The number of hydrogen-bond acceptors (Lipinski definition) is 8. The van der Waals surface area contributed by atoms with Gasteiger partial charge < -0.3 is 15.2 Å². The smallest absolute Gasteiger partial charge is 0.355 e. The van der Waals surface area contributed by atoms with E-state index in [0.717, 1.165) is 0 Å². The summed E-state index contributed by atoms with van der Waals surface area (Å²) in [6, 6.07) is 2.64. The van der Waals surface area contributed by atoms with Gasteiger partial charge in [-0.25, -0.2) is 9.78 Å². The number of thiazole rings is 1. The van der Waals surface area contributed by atoms with E-state index in [4.69, 9.17) is 9.84 Å². The highest BCUT2D eigenvalue weighted by atomic mass is 32.2. The number of benzene rings is 1. The number of nitro groups is 1. The van der Waals surface area contributed by atoms with Gasteiger partial charge in [0, 0.05) is 18.3 Å². The van der Waals surface area contributed by atoms with Crippen LogP contribution < -0.4 is 10.1 Å². The number of carboxylic acids is 1. The maximum Gasteiger partial charge on any atom is 0.355 e. The third-order valence-electron chi connectivity index (χ3n) is 3.34. The normalized spacial score (nSPS) is 10.4. The second kappa shape index (κ2) is 8.63. The van der Waals surface area contributed by atoms with Crippen LogP contribution in [0.2, 0.25) is 0 Å². The average molecular weight is 397 g/mol. The number of amides is 1. The maximum atomic E-state index is 12.4. The first-order chi connectivity index (χ1) is 12.4. The van der Waals surface area contributed by atoms with Gasteiger partial charge in [0.2, 0.25) is 0 Å². The van der Waals surface area contributed by atoms with E-state index in [1.54, 1.807) is 6.26 Å². The van der Waals surface area contributed by atoms with E-state index >= 15 is 0 Å². The quantitative estimate of drug-likeness (QED) is 0.394. The minimum Gasteiger partial charge on any atom is -0.495 e. The van der Waals surface area contributed by atoms with Crippen molar-refractivity contribution in [2.24, 2.45) is 0 Å². The third kappa shape index (κ3) is 4.49. The molecule has 1 amide bonds. The average Bonchev–Trinajstić information content (AvgIpc) is 3.09. The fourth-order valence-corrected chi connectivity index (χ4v) is 3.45. The minimum absolute atomic E-state index is 0.0493. The van der Waals surface area contributed by atoms with Gasteiger partial charge in [-0.3, -0.25) is 14.9 Å². The van der Waals surface area contributed by atoms with Crippen molar-refractivity contribution in [2.75, 3.05) is 19.9 Å². The number of methoxy groups -OCH3 is 1. The van der Waals surface area contributed by atoms with Gasteiger partial charge in [-0.1, -0.05) is 0 Å². The Labute approximate surface area is 156 Å². The lowest BCUT2D eigenvalue weighted by molar-refractivity contribution is -0.385. The molecule has 1 heterocycles. The molecule has 0 fully saturated rings. The Kier molecular flexibility index (Phi) is 6.52. The third-order valence-corrected chi connectivity index (χ3v) is 5.01. The molecule has 26 heavy (non-hydrogen) atoms. The van der Waals surface area contributed by atoms with Gasteiger partial charge in [0.15, 0.2) is 5.69 Å². The number of carboxylic acid groups (broad SMARTS) is 1. The summed E-state index contributed by atoms with van der Waals surface area (Å²) in [5, 5.41) is 24.7. The minimum atomic E-state index is -1.12. The summed E-state index contributed by atoms with van der Waals surface area (Å²) in [7, 11) is 1.40. The molecule has 2 rings (SSSR count). The van der Waals surface area contributed by atoms with Crippen LogP contribution in [0.5, 0.6) is 5.75 Å². The van der Waals surface area contributed by atoms with E-state index in [2.05, 4.69) is 10.3 Å². The van der Waals surface area contributed by atoms with Crippen LogP contribution in [-0.2, 0) is 6.42 Å². The molecule has 0 saturated heterocycles. The molecule has 1 aromatic carbocycles. The molecule has 0 radical (unpaired) electrons. The SMILES string of the molecule is COc1cc([N+](=O)[O-])c(C(=O)NCCc2nc(C(=O)O)cs2)cc1SC. The molecule has 0 unspecified atom stereocenters. The molecule has 2 N–H and O–H groups in total. The molecule has 11 heteroatoms. The van der Waals surface area contributed by atoms with Crippen molar-refractivity contribution in [1.82, 2.24) is 10.3 Å². The molecule has 138 valence electrons. The standard InChI is InChI=1S/C15H15N3O6S2/c1-24-11-6-10(18(22)23)8(5-12(11)25-2)14(19)16-4-3-13-17-9(7-26-13)15(20)21/h5-7H,3-4H2,1-2H3,(H,16,19)(H,20,21). The summed E-state index contributed by atoms with van der Waals surface area (Å²) in [6.07, 6.45) is 2.09. The first-order valence-electron chi connectivity index (χ1n) is 7.23. The van der Waals surface area contributed by atoms with Crippen LogP contribution in [-0.4, -0.2) is 46.8 Å². The van der Waals surface area contributed by atoms with Crippen LogP contribution in [0.1, 0.15) is 25.9 Å². The van der Waals surface area contributed by atoms with Crippen molar-refractivity contribution in [3.05, 3.63) is 43.9 Å². The molecule has 0 aliphatic heterocycles. The van der Waals surface area contributed by atoms with Crippen molar-refractivity contribution in [3.63, 3.8) is 0 Å². The number of hydrogen-bond donors (Lipinski definition) is 2. The topological polar surface area (TPSA) is 132 Å². The van der Waals surface area contributed by atoms with Crippen molar-refractivity contribution in [2.45, 2.75) is 11.3 Å². The fourth-order valence-electron chi connectivity index (χ4n) is 2.10. The number of nitrogens with one attached hydrogen (secondary N) is 1. The van der Waals surface area contributed by atoms with Crippen LogP contribution in [0.15, 0.2) is 22.4 Å². The lowest BCUT2D eigenvalue weighted by Gasteiger charge is -2.10. The van der Waals surface area contributed by atoms with Crippen molar-refractivity contribution >= 4 is 40.7 Å². The number of carbonyl (C=O) groups excluding carboxylic acids is 1. The van der Waals surface area contributed by atoms with Gasteiger partial charge in [-0.2, -0.15) is 0 Å². The number of aromatic carboxylic acids is 1. The lowest BCUT2D eigenvalue weighted by atomic mass is 10.1. The molecule has 0 spiro atoms. The fraction of sp³-hybridized carbons (Fsp3) is 0.267. The van der Waals surface area contributed by atoms with E-state index in [1.165, 1.54) is 47.7 Å². The zero-order valence-corrected chi connectivity index (χ0v) is 15.5. The number of rotatable bonds is 8. The second-order valence-electron chi connectivity index (χ2n) is 4.92. The number of nitro benzene ring substituents is 1. The summed E-state index contributed by atoms with van der Waals surface area (Å²) in [5.41, 5.74) is -0.461. The zero-order chi connectivity index (χ0) is 19.3. The lowest BCUT2D eigenvalue weighted by Crippen LogP contribution is -2.26. The van der Waals surface area contributed by atoms with E-state index in [-0.39, 0.29) is 23.5 Å². The highest BCUT2D eigenvalue weighted by molar-refractivity contribution is 7.98. The van der Waals surface area contributed by atoms with Crippen LogP contribution >= 0.6 is 23.1 Å². The first kappa shape index (κ1) is 19.7. The molecular weight excluding hydrogens is 382 g/mol. The molecule has 9 nitrogen and oxygen atoms in total. The highest BCUT2D eigenvalue weighted by Crippen LogP contribution is 2.34. The summed E-state index contributed by atoms with van der Waals surface area (Å²) in [5.74, 6) is -1.38. The molecule has 0 aliphatic carbocycles. The highest BCUT2D eigenvalue weighted by Gasteiger charge is 2.23. The Morgan fingerprint density at radius 3 is 2.73 bits per heavy atom. The molecule has 1 aromatic heterocycles. The monoisotopic (exact) mass is 397 g/mol. The van der Waals surface area contributed by atoms with E-state index in [9.17, 15) is 19.7 Å². The van der Waals surface area contributed by atoms with E-state index < -0.39 is 16.8 Å². The number of carbonyl (C=O) groups is 2. The number of thioether (sulfide) groups is 1. The summed E-state index contributed by atoms with van der Waals surface area (Å²) in [6.45, 7) is 0.170. The predicted octanol–water partition coefficient (Wildman–Crippen LogP) is 2.45. The van der Waals surface area contributed by atoms with Gasteiger partial charge in [-0.15, -0.1) is 23.1 Å². The Morgan fingerprint density at radius 1 is 1.46 bits per heavy atom. The molecular formula is C15H15N3O6S2. The zero-order valence-electron chi connectivity index (χ0n) is 13.8. The van der Waals surface area contributed by atoms with Crippen molar-refractivity contribution in [1.29, 1.82) is 0 Å². The Morgan fingerprint density at radius 2 is 2.19 bits per heavy atom. The van der Waals surface area contributed by atoms with Gasteiger partial charge in [0.05, 0.1) is 28.0 Å². The molecule has 0 aliphatic rings. The van der Waals surface area contributed by atoms with Crippen molar-refractivity contribution in [3.8, 4) is 5.75 Å². The van der Waals surface area contributed by atoms with E-state index in [1.807, 2.05) is 0 Å². The number of aromatic nitrogens is 1. The molecule has 0 saturated carbocycles. The maximum absolute atomic E-state index is 12.4. The molecule has 2 aromatic rings. The number of nitrogens with zero attached hydrogens (tertiary/aromatic N) is 2. The van der Waals surface area contributed by atoms with Crippen LogP contribution in [0.25, 0.3) is 0 Å². The van der Waals surface area contributed by atoms with Crippen LogP contribution in [0.4, 0.5) is 5.69 Å².